The van der Waals surface area contributed by atoms with Crippen LogP contribution in [-0.4, -0.2) is 49.1 Å². The maximum Gasteiger partial charge on any atom is 0.434 e. The average Bonchev–Trinajstić information content (AvgIpc) is 3.08. The van der Waals surface area contributed by atoms with E-state index in [9.17, 15) is 13.2 Å². The SMILES string of the molecule is CN=C(NCCCCN1CCC(C)CC1)NCc1nc(C(F)(F)F)cs1. The van der Waals surface area contributed by atoms with Gasteiger partial charge in [-0.3, -0.25) is 4.99 Å². The highest BCUT2D eigenvalue weighted by atomic mass is 32.1. The number of halogens is 3. The van der Waals surface area contributed by atoms with Crippen LogP contribution in [0.15, 0.2) is 10.4 Å². The second-order valence-corrected chi connectivity index (χ2v) is 7.65. The zero-order valence-corrected chi connectivity index (χ0v) is 16.2. The largest absolute Gasteiger partial charge is 0.434 e. The van der Waals surface area contributed by atoms with E-state index >= 15 is 0 Å². The molecule has 0 saturated carbocycles. The number of hydrogen-bond acceptors (Lipinski definition) is 4. The number of piperidine rings is 1. The number of hydrogen-bond donors (Lipinski definition) is 2. The van der Waals surface area contributed by atoms with Crippen molar-refractivity contribution in [2.45, 2.75) is 45.3 Å². The number of thiazole rings is 1. The molecule has 1 aromatic rings. The fourth-order valence-electron chi connectivity index (χ4n) is 2.86. The normalized spacial score (nSPS) is 17.5. The van der Waals surface area contributed by atoms with Crippen LogP contribution in [0.5, 0.6) is 0 Å². The van der Waals surface area contributed by atoms with Crippen molar-refractivity contribution in [3.8, 4) is 0 Å². The maximum absolute atomic E-state index is 12.5. The molecule has 2 rings (SSSR count). The summed E-state index contributed by atoms with van der Waals surface area (Å²) in [5.74, 6) is 1.44. The summed E-state index contributed by atoms with van der Waals surface area (Å²) in [6.45, 7) is 6.86. The molecule has 148 valence electrons. The van der Waals surface area contributed by atoms with Gasteiger partial charge in [0.2, 0.25) is 0 Å². The van der Waals surface area contributed by atoms with E-state index < -0.39 is 11.9 Å². The Morgan fingerprint density at radius 2 is 2.04 bits per heavy atom. The minimum atomic E-state index is -4.39. The summed E-state index contributed by atoms with van der Waals surface area (Å²) in [6, 6.07) is 0. The fourth-order valence-corrected chi connectivity index (χ4v) is 3.60. The van der Waals surface area contributed by atoms with E-state index in [1.807, 2.05) is 0 Å². The van der Waals surface area contributed by atoms with Crippen molar-refractivity contribution in [3.63, 3.8) is 0 Å². The monoisotopic (exact) mass is 391 g/mol. The zero-order valence-electron chi connectivity index (χ0n) is 15.4. The average molecular weight is 392 g/mol. The first kappa shape index (κ1) is 21.0. The summed E-state index contributed by atoms with van der Waals surface area (Å²) in [5, 5.41) is 7.63. The minimum absolute atomic E-state index is 0.229. The van der Waals surface area contributed by atoms with E-state index in [0.717, 1.165) is 48.6 Å². The number of nitrogens with one attached hydrogen (secondary N) is 2. The van der Waals surface area contributed by atoms with Crippen molar-refractivity contribution >= 4 is 17.3 Å². The zero-order chi connectivity index (χ0) is 19.0. The van der Waals surface area contributed by atoms with Crippen molar-refractivity contribution in [2.24, 2.45) is 10.9 Å². The van der Waals surface area contributed by atoms with Crippen LogP contribution >= 0.6 is 11.3 Å². The van der Waals surface area contributed by atoms with Gasteiger partial charge in [0.1, 0.15) is 5.01 Å². The van der Waals surface area contributed by atoms with Crippen LogP contribution < -0.4 is 10.6 Å². The van der Waals surface area contributed by atoms with Crippen LogP contribution in [0.1, 0.15) is 43.3 Å². The van der Waals surface area contributed by atoms with Crippen molar-refractivity contribution in [1.82, 2.24) is 20.5 Å². The Bertz CT molecular complexity index is 565. The molecule has 0 spiro atoms. The predicted molar refractivity (Wildman–Crippen MR) is 99.4 cm³/mol. The summed E-state index contributed by atoms with van der Waals surface area (Å²) < 4.78 is 37.6. The van der Waals surface area contributed by atoms with Gasteiger partial charge in [0, 0.05) is 19.0 Å². The molecule has 1 saturated heterocycles. The molecule has 1 aliphatic rings. The van der Waals surface area contributed by atoms with Gasteiger partial charge in [-0.05, 0) is 51.2 Å². The lowest BCUT2D eigenvalue weighted by molar-refractivity contribution is -0.140. The molecule has 9 heteroatoms. The van der Waals surface area contributed by atoms with Crippen molar-refractivity contribution in [1.29, 1.82) is 0 Å². The molecule has 0 bridgehead atoms. The van der Waals surface area contributed by atoms with Crippen LogP contribution in [0.2, 0.25) is 0 Å². The molecule has 0 amide bonds. The number of rotatable bonds is 7. The Balaban J connectivity index is 1.60. The second kappa shape index (κ2) is 10.1. The maximum atomic E-state index is 12.5. The lowest BCUT2D eigenvalue weighted by Gasteiger charge is -2.30. The molecule has 5 nitrogen and oxygen atoms in total. The van der Waals surface area contributed by atoms with Gasteiger partial charge in [-0.15, -0.1) is 11.3 Å². The smallest absolute Gasteiger partial charge is 0.356 e. The van der Waals surface area contributed by atoms with E-state index in [2.05, 4.69) is 32.4 Å². The molecule has 1 aliphatic heterocycles. The molecule has 2 N–H and O–H groups in total. The third kappa shape index (κ3) is 7.11. The molecule has 2 heterocycles. The summed E-state index contributed by atoms with van der Waals surface area (Å²) in [5.41, 5.74) is -0.839. The summed E-state index contributed by atoms with van der Waals surface area (Å²) in [4.78, 5) is 10.2. The molecule has 26 heavy (non-hydrogen) atoms. The van der Waals surface area contributed by atoms with Gasteiger partial charge in [0.05, 0.1) is 6.54 Å². The Kier molecular flexibility index (Phi) is 8.15. The molecule has 0 aromatic carbocycles. The second-order valence-electron chi connectivity index (χ2n) is 6.71. The third-order valence-electron chi connectivity index (χ3n) is 4.54. The summed E-state index contributed by atoms with van der Waals surface area (Å²) in [7, 11) is 1.65. The fraction of sp³-hybridized carbons (Fsp3) is 0.765. The molecule has 1 fully saturated rings. The lowest BCUT2D eigenvalue weighted by Crippen LogP contribution is -2.38. The number of aromatic nitrogens is 1. The highest BCUT2D eigenvalue weighted by molar-refractivity contribution is 7.09. The van der Waals surface area contributed by atoms with E-state index in [-0.39, 0.29) is 6.54 Å². The molecule has 0 unspecified atom stereocenters. The number of nitrogens with zero attached hydrogens (tertiary/aromatic N) is 3. The van der Waals surface area contributed by atoms with Crippen molar-refractivity contribution < 1.29 is 13.2 Å². The number of aliphatic imine (C=N–C) groups is 1. The minimum Gasteiger partial charge on any atom is -0.356 e. The highest BCUT2D eigenvalue weighted by Crippen LogP contribution is 2.29. The van der Waals surface area contributed by atoms with Gasteiger partial charge >= 0.3 is 6.18 Å². The Morgan fingerprint density at radius 3 is 2.65 bits per heavy atom. The quantitative estimate of drug-likeness (QED) is 0.425. The van der Waals surface area contributed by atoms with Gasteiger partial charge in [-0.2, -0.15) is 13.2 Å². The van der Waals surface area contributed by atoms with Crippen molar-refractivity contribution in [2.75, 3.05) is 33.2 Å². The van der Waals surface area contributed by atoms with Crippen LogP contribution in [0.3, 0.4) is 0 Å². The number of likely N-dealkylation sites (tertiary alicyclic amines) is 1. The van der Waals surface area contributed by atoms with Gasteiger partial charge in [0.25, 0.3) is 0 Å². The predicted octanol–water partition coefficient (Wildman–Crippen LogP) is 3.34. The van der Waals surface area contributed by atoms with Crippen molar-refractivity contribution in [3.05, 3.63) is 16.1 Å². The van der Waals surface area contributed by atoms with Gasteiger partial charge in [-0.25, -0.2) is 4.98 Å². The first-order chi connectivity index (χ1) is 12.4. The number of unbranched alkanes of at least 4 members (excludes halogenated alkanes) is 1. The Labute approximate surface area is 157 Å². The van der Waals surface area contributed by atoms with E-state index in [0.29, 0.717) is 11.0 Å². The standard InChI is InChI=1S/C17H28F3N5S/c1-13-5-9-25(10-6-13)8-4-3-7-22-16(21-2)23-11-15-24-14(12-26-15)17(18,19)20/h12-13H,3-11H2,1-2H3,(H2,21,22,23). The Morgan fingerprint density at radius 1 is 1.31 bits per heavy atom. The van der Waals surface area contributed by atoms with Crippen LogP contribution in [0.25, 0.3) is 0 Å². The van der Waals surface area contributed by atoms with E-state index in [1.54, 1.807) is 7.05 Å². The third-order valence-corrected chi connectivity index (χ3v) is 5.39. The first-order valence-corrected chi connectivity index (χ1v) is 9.95. The number of alkyl halides is 3. The van der Waals surface area contributed by atoms with Gasteiger partial charge < -0.3 is 15.5 Å². The van der Waals surface area contributed by atoms with Crippen LogP contribution in [-0.2, 0) is 12.7 Å². The number of guanidine groups is 1. The molecular weight excluding hydrogens is 363 g/mol. The van der Waals surface area contributed by atoms with Gasteiger partial charge in [-0.1, -0.05) is 6.92 Å². The lowest BCUT2D eigenvalue weighted by atomic mass is 9.99. The topological polar surface area (TPSA) is 52.6 Å². The summed E-state index contributed by atoms with van der Waals surface area (Å²) in [6.07, 6.45) is 0.354. The van der Waals surface area contributed by atoms with Crippen LogP contribution in [0.4, 0.5) is 13.2 Å². The van der Waals surface area contributed by atoms with E-state index in [4.69, 9.17) is 0 Å². The Hall–Kier alpha value is -1.35. The summed E-state index contributed by atoms with van der Waals surface area (Å²) >= 11 is 0.995. The highest BCUT2D eigenvalue weighted by Gasteiger charge is 2.33. The molecule has 1 aromatic heterocycles. The molecular formula is C17H28F3N5S. The van der Waals surface area contributed by atoms with Gasteiger partial charge in [0.15, 0.2) is 11.7 Å². The van der Waals surface area contributed by atoms with E-state index in [1.165, 1.54) is 25.9 Å². The molecule has 0 radical (unpaired) electrons. The first-order valence-electron chi connectivity index (χ1n) is 9.07. The van der Waals surface area contributed by atoms with Crippen LogP contribution in [0, 0.1) is 5.92 Å². The molecule has 0 aliphatic carbocycles. The molecule has 0 atom stereocenters.